The van der Waals surface area contributed by atoms with Crippen molar-refractivity contribution < 1.29 is 14.7 Å². The van der Waals surface area contributed by atoms with E-state index in [0.717, 1.165) is 32.1 Å². The van der Waals surface area contributed by atoms with E-state index >= 15 is 0 Å². The minimum absolute atomic E-state index is 0.0521. The third-order valence-corrected chi connectivity index (χ3v) is 8.17. The molecule has 5 rings (SSSR count). The number of nitrogens with one attached hydrogen (secondary N) is 1. The van der Waals surface area contributed by atoms with Crippen LogP contribution in [0.15, 0.2) is 59.6 Å². The fraction of sp³-hybridized carbons (Fsp3) is 0.276. The highest BCUT2D eigenvalue weighted by molar-refractivity contribution is 7.15. The highest BCUT2D eigenvalue weighted by Gasteiger charge is 2.36. The maximum Gasteiger partial charge on any atom is 0.308 e. The Hall–Kier alpha value is -4.11. The van der Waals surface area contributed by atoms with Crippen molar-refractivity contribution >= 4 is 34.6 Å². The van der Waals surface area contributed by atoms with Crippen molar-refractivity contribution in [1.82, 2.24) is 14.8 Å². The smallest absolute Gasteiger partial charge is 0.308 e. The van der Waals surface area contributed by atoms with E-state index in [0.29, 0.717) is 35.9 Å². The van der Waals surface area contributed by atoms with Gasteiger partial charge in [0, 0.05) is 28.1 Å². The lowest BCUT2D eigenvalue weighted by atomic mass is 9.98. The van der Waals surface area contributed by atoms with E-state index in [1.807, 2.05) is 66.1 Å². The van der Waals surface area contributed by atoms with Crippen molar-refractivity contribution in [2.75, 3.05) is 5.32 Å². The molecule has 4 aromatic rings. The number of aryl methyl sites for hydroxylation is 3. The molecule has 1 amide bonds. The first kappa shape index (κ1) is 25.5. The zero-order valence-corrected chi connectivity index (χ0v) is 22.5. The molecule has 0 bridgehead atoms. The molecule has 0 saturated carbocycles. The fourth-order valence-corrected chi connectivity index (χ4v) is 5.87. The van der Waals surface area contributed by atoms with Crippen molar-refractivity contribution in [2.45, 2.75) is 46.6 Å². The maximum atomic E-state index is 12.5. The topological polar surface area (TPSA) is 109 Å². The van der Waals surface area contributed by atoms with Gasteiger partial charge in [-0.1, -0.05) is 42.5 Å². The van der Waals surface area contributed by atoms with Crippen LogP contribution >= 0.6 is 11.3 Å². The van der Waals surface area contributed by atoms with Crippen LogP contribution in [0.5, 0.6) is 0 Å². The predicted molar refractivity (Wildman–Crippen MR) is 148 cm³/mol. The van der Waals surface area contributed by atoms with Crippen LogP contribution in [0.25, 0.3) is 5.00 Å². The molecule has 1 aliphatic heterocycles. The van der Waals surface area contributed by atoms with Crippen molar-refractivity contribution in [1.29, 1.82) is 0 Å². The van der Waals surface area contributed by atoms with Crippen LogP contribution in [-0.4, -0.2) is 37.5 Å². The summed E-state index contributed by atoms with van der Waals surface area (Å²) in [6.07, 6.45) is 1.07. The molecule has 38 heavy (non-hydrogen) atoms. The van der Waals surface area contributed by atoms with E-state index in [4.69, 9.17) is 4.99 Å². The summed E-state index contributed by atoms with van der Waals surface area (Å²) >= 11 is 1.63. The second-order valence-corrected chi connectivity index (χ2v) is 10.8. The number of fused-ring (bicyclic) bond motifs is 3. The lowest BCUT2D eigenvalue weighted by Gasteiger charge is -2.16. The Balaban J connectivity index is 1.48. The van der Waals surface area contributed by atoms with Gasteiger partial charge in [0.15, 0.2) is 5.82 Å². The molecule has 0 radical (unpaired) electrons. The summed E-state index contributed by atoms with van der Waals surface area (Å²) in [6.45, 7) is 7.64. The zero-order chi connectivity index (χ0) is 27.0. The van der Waals surface area contributed by atoms with Crippen LogP contribution in [0.1, 0.15) is 58.2 Å². The van der Waals surface area contributed by atoms with Gasteiger partial charge in [-0.25, -0.2) is 0 Å². The van der Waals surface area contributed by atoms with Gasteiger partial charge in [-0.3, -0.25) is 19.1 Å². The first-order chi connectivity index (χ1) is 18.2. The SMILES string of the molecule is Cc1sc2c(c1C)C(c1ccc(NC(=O)CCc3ccccc3)cc1)=NC([C@H](C)C(=O)O)c1nnc(C)n1-2. The van der Waals surface area contributed by atoms with Crippen LogP contribution in [0.2, 0.25) is 0 Å². The number of carbonyl (C=O) groups is 2. The number of rotatable bonds is 7. The first-order valence-corrected chi connectivity index (χ1v) is 13.3. The summed E-state index contributed by atoms with van der Waals surface area (Å²) < 4.78 is 1.95. The number of aliphatic carboxylic acids is 1. The molecule has 2 aromatic carbocycles. The summed E-state index contributed by atoms with van der Waals surface area (Å²) in [5.74, 6) is -0.584. The Bertz CT molecular complexity index is 1540. The highest BCUT2D eigenvalue weighted by Crippen LogP contribution is 2.40. The van der Waals surface area contributed by atoms with Gasteiger partial charge in [-0.05, 0) is 57.4 Å². The highest BCUT2D eigenvalue weighted by atomic mass is 32.1. The standard InChI is InChI=1S/C29H29N5O3S/c1-16-18(3)38-28-24(16)26(31-25(17(2)29(36)37)27-33-32-19(4)34(27)28)21-11-13-22(14-12-21)30-23(35)15-10-20-8-6-5-7-9-20/h5-9,11-14,17,25H,10,15H2,1-4H3,(H,30,35)(H,36,37)/t17-,25?/m0/s1. The van der Waals surface area contributed by atoms with Gasteiger partial charge >= 0.3 is 5.97 Å². The van der Waals surface area contributed by atoms with Crippen molar-refractivity contribution in [3.63, 3.8) is 0 Å². The molecule has 1 unspecified atom stereocenters. The lowest BCUT2D eigenvalue weighted by molar-refractivity contribution is -0.141. The number of aliphatic imine (C=N–C) groups is 1. The second kappa shape index (κ2) is 10.3. The number of benzene rings is 2. The van der Waals surface area contributed by atoms with E-state index in [1.54, 1.807) is 18.3 Å². The van der Waals surface area contributed by atoms with Crippen LogP contribution < -0.4 is 5.32 Å². The van der Waals surface area contributed by atoms with E-state index < -0.39 is 17.9 Å². The Morgan fingerprint density at radius 1 is 1.05 bits per heavy atom. The predicted octanol–water partition coefficient (Wildman–Crippen LogP) is 5.44. The minimum atomic E-state index is -0.947. The number of hydrogen-bond acceptors (Lipinski definition) is 6. The molecule has 194 valence electrons. The molecule has 2 aromatic heterocycles. The summed E-state index contributed by atoms with van der Waals surface area (Å²) in [5.41, 5.74) is 5.42. The van der Waals surface area contributed by atoms with Gasteiger partial charge in [-0.2, -0.15) is 0 Å². The molecule has 0 spiro atoms. The molecule has 2 N–H and O–H groups in total. The molecule has 0 aliphatic carbocycles. The Labute approximate surface area is 225 Å². The average molecular weight is 528 g/mol. The molecule has 3 heterocycles. The molecular formula is C29H29N5O3S. The molecule has 2 atom stereocenters. The Kier molecular flexibility index (Phi) is 6.94. The van der Waals surface area contributed by atoms with Gasteiger partial charge in [0.25, 0.3) is 0 Å². The second-order valence-electron chi connectivity index (χ2n) is 9.56. The number of carboxylic acid groups (broad SMARTS) is 1. The molecule has 8 nitrogen and oxygen atoms in total. The number of hydrogen-bond donors (Lipinski definition) is 2. The molecule has 1 aliphatic rings. The van der Waals surface area contributed by atoms with E-state index in [2.05, 4.69) is 29.4 Å². The van der Waals surface area contributed by atoms with Crippen molar-refractivity contribution in [3.05, 3.63) is 93.4 Å². The monoisotopic (exact) mass is 527 g/mol. The van der Waals surface area contributed by atoms with Gasteiger partial charge in [0.1, 0.15) is 16.9 Å². The van der Waals surface area contributed by atoms with Gasteiger partial charge < -0.3 is 10.4 Å². The molecule has 0 saturated heterocycles. The summed E-state index contributed by atoms with van der Waals surface area (Å²) in [7, 11) is 0. The van der Waals surface area contributed by atoms with E-state index in [1.165, 1.54) is 0 Å². The summed E-state index contributed by atoms with van der Waals surface area (Å²) in [6, 6.07) is 16.8. The third-order valence-electron chi connectivity index (χ3n) is 6.98. The normalized spacial score (nSPS) is 15.2. The number of anilines is 1. The van der Waals surface area contributed by atoms with E-state index in [9.17, 15) is 14.7 Å². The summed E-state index contributed by atoms with van der Waals surface area (Å²) in [5, 5.41) is 22.4. The van der Waals surface area contributed by atoms with Crippen LogP contribution in [0.4, 0.5) is 5.69 Å². The molecule has 0 fully saturated rings. The number of amides is 1. The quantitative estimate of drug-likeness (QED) is 0.333. The fourth-order valence-electron chi connectivity index (χ4n) is 4.65. The van der Waals surface area contributed by atoms with Crippen LogP contribution in [0, 0.1) is 26.7 Å². The summed E-state index contributed by atoms with van der Waals surface area (Å²) in [4.78, 5) is 30.7. The van der Waals surface area contributed by atoms with Crippen molar-refractivity contribution in [2.24, 2.45) is 10.9 Å². The molecular weight excluding hydrogens is 498 g/mol. The number of nitrogens with zero attached hydrogens (tertiary/aromatic N) is 4. The van der Waals surface area contributed by atoms with Crippen LogP contribution in [-0.2, 0) is 16.0 Å². The average Bonchev–Trinajstić information content (AvgIpc) is 3.38. The Morgan fingerprint density at radius 3 is 2.45 bits per heavy atom. The zero-order valence-electron chi connectivity index (χ0n) is 21.7. The number of thiophene rings is 1. The molecule has 9 heteroatoms. The number of carbonyl (C=O) groups excluding carboxylic acids is 1. The Morgan fingerprint density at radius 2 is 1.76 bits per heavy atom. The number of carboxylic acids is 1. The van der Waals surface area contributed by atoms with Gasteiger partial charge in [0.05, 0.1) is 11.6 Å². The first-order valence-electron chi connectivity index (χ1n) is 12.5. The van der Waals surface area contributed by atoms with Crippen LogP contribution in [0.3, 0.4) is 0 Å². The minimum Gasteiger partial charge on any atom is -0.481 e. The number of aromatic nitrogens is 3. The van der Waals surface area contributed by atoms with Gasteiger partial charge in [-0.15, -0.1) is 21.5 Å². The van der Waals surface area contributed by atoms with Gasteiger partial charge in [0.2, 0.25) is 5.91 Å². The lowest BCUT2D eigenvalue weighted by Crippen LogP contribution is -2.21. The maximum absolute atomic E-state index is 12.5. The van der Waals surface area contributed by atoms with E-state index in [-0.39, 0.29) is 5.91 Å². The van der Waals surface area contributed by atoms with Crippen molar-refractivity contribution in [3.8, 4) is 5.00 Å². The largest absolute Gasteiger partial charge is 0.481 e. The third kappa shape index (κ3) is 4.77.